The van der Waals surface area contributed by atoms with Gasteiger partial charge in [-0.3, -0.25) is 19.7 Å². The Morgan fingerprint density at radius 2 is 1.79 bits per heavy atom. The molecule has 2 amide bonds. The van der Waals surface area contributed by atoms with Gasteiger partial charge in [-0.1, -0.05) is 36.1 Å². The van der Waals surface area contributed by atoms with Crippen molar-refractivity contribution in [3.8, 4) is 11.8 Å². The molecule has 4 N–H and O–H groups in total. The number of allylic oxidation sites excluding steroid dienone is 1. The molecule has 1 saturated heterocycles. The summed E-state index contributed by atoms with van der Waals surface area (Å²) in [5, 5.41) is 20.7. The molecule has 8 nitrogen and oxygen atoms in total. The highest BCUT2D eigenvalue weighted by Crippen LogP contribution is 2.10. The van der Waals surface area contributed by atoms with Crippen molar-refractivity contribution in [2.24, 2.45) is 0 Å². The Morgan fingerprint density at radius 3 is 2.41 bits per heavy atom. The highest BCUT2D eigenvalue weighted by molar-refractivity contribution is 5.97. The molecule has 0 spiro atoms. The summed E-state index contributed by atoms with van der Waals surface area (Å²) in [5.74, 6) is 4.54. The molecule has 2 aromatic rings. The summed E-state index contributed by atoms with van der Waals surface area (Å²) in [6, 6.07) is 13.7. The predicted octanol–water partition coefficient (Wildman–Crippen LogP) is 1.57. The molecule has 34 heavy (non-hydrogen) atoms. The van der Waals surface area contributed by atoms with Crippen LogP contribution in [0, 0.1) is 11.8 Å². The molecule has 1 aliphatic rings. The molecule has 178 valence electrons. The van der Waals surface area contributed by atoms with Crippen molar-refractivity contribution in [3.05, 3.63) is 76.9 Å². The van der Waals surface area contributed by atoms with Gasteiger partial charge < -0.3 is 15.2 Å². The van der Waals surface area contributed by atoms with Gasteiger partial charge in [0.05, 0.1) is 19.3 Å². The molecular weight excluding hydrogens is 434 g/mol. The van der Waals surface area contributed by atoms with Crippen LogP contribution in [0.4, 0.5) is 0 Å². The number of morpholine rings is 1. The average molecular weight is 464 g/mol. The summed E-state index contributed by atoms with van der Waals surface area (Å²) in [6.45, 7) is 5.78. The van der Waals surface area contributed by atoms with E-state index in [1.165, 1.54) is 18.0 Å². The SMILES string of the molecule is C[C@@H](O)[C@H](NC(=O)c1ccc(C#C/C=C\c2ccc(CN3CCOCC3)cc2)cc1)C(=O)NO. The lowest BCUT2D eigenvalue weighted by molar-refractivity contribution is -0.133. The Morgan fingerprint density at radius 1 is 1.12 bits per heavy atom. The topological polar surface area (TPSA) is 111 Å². The van der Waals surface area contributed by atoms with E-state index in [1.807, 2.05) is 6.08 Å². The number of ether oxygens (including phenoxy) is 1. The fourth-order valence-corrected chi connectivity index (χ4v) is 3.42. The number of benzene rings is 2. The molecule has 0 bridgehead atoms. The van der Waals surface area contributed by atoms with Gasteiger partial charge in [0.1, 0.15) is 6.04 Å². The van der Waals surface area contributed by atoms with Crippen LogP contribution in [0.25, 0.3) is 6.08 Å². The molecule has 2 atom stereocenters. The predicted molar refractivity (Wildman–Crippen MR) is 128 cm³/mol. The molecule has 0 aromatic heterocycles. The largest absolute Gasteiger partial charge is 0.391 e. The second-order valence-electron chi connectivity index (χ2n) is 7.98. The average Bonchev–Trinajstić information content (AvgIpc) is 2.86. The molecule has 1 fully saturated rings. The molecule has 0 unspecified atom stereocenters. The smallest absolute Gasteiger partial charge is 0.268 e. The third kappa shape index (κ3) is 7.54. The van der Waals surface area contributed by atoms with Crippen LogP contribution >= 0.6 is 0 Å². The maximum atomic E-state index is 12.3. The van der Waals surface area contributed by atoms with E-state index in [4.69, 9.17) is 9.94 Å². The number of hydroxylamine groups is 1. The van der Waals surface area contributed by atoms with Crippen molar-refractivity contribution in [2.45, 2.75) is 25.6 Å². The number of carbonyl (C=O) groups is 2. The fraction of sp³-hybridized carbons (Fsp3) is 0.308. The standard InChI is InChI=1S/C26H29N3O5/c1-19(30)24(26(32)28-33)27-25(31)23-12-10-21(11-13-23)5-3-2-4-20-6-8-22(9-7-20)18-29-14-16-34-17-15-29/h2,4,6-13,19,24,30,33H,14-18H2,1H3,(H,27,31)(H,28,32)/b4-2-/t19-,24+/m1/s1. The third-order valence-electron chi connectivity index (χ3n) is 5.37. The summed E-state index contributed by atoms with van der Waals surface area (Å²) in [4.78, 5) is 26.2. The van der Waals surface area contributed by atoms with Crippen molar-refractivity contribution in [2.75, 3.05) is 26.3 Å². The summed E-state index contributed by atoms with van der Waals surface area (Å²) in [7, 11) is 0. The first kappa shape index (κ1) is 25.1. The van der Waals surface area contributed by atoms with E-state index in [1.54, 1.807) is 30.3 Å². The first-order valence-electron chi connectivity index (χ1n) is 11.1. The van der Waals surface area contributed by atoms with Crippen LogP contribution in [0.1, 0.15) is 34.0 Å². The zero-order valence-corrected chi connectivity index (χ0v) is 19.0. The molecule has 8 heteroatoms. The van der Waals surface area contributed by atoms with Gasteiger partial charge in [-0.2, -0.15) is 0 Å². The van der Waals surface area contributed by atoms with Gasteiger partial charge in [-0.05, 0) is 54.5 Å². The minimum absolute atomic E-state index is 0.301. The van der Waals surface area contributed by atoms with Gasteiger partial charge in [0, 0.05) is 30.8 Å². The van der Waals surface area contributed by atoms with Gasteiger partial charge in [-0.25, -0.2) is 5.48 Å². The van der Waals surface area contributed by atoms with Gasteiger partial charge in [0.15, 0.2) is 0 Å². The van der Waals surface area contributed by atoms with E-state index in [2.05, 4.69) is 46.3 Å². The maximum absolute atomic E-state index is 12.3. The highest BCUT2D eigenvalue weighted by Gasteiger charge is 2.25. The van der Waals surface area contributed by atoms with Crippen molar-refractivity contribution in [3.63, 3.8) is 0 Å². The van der Waals surface area contributed by atoms with Crippen molar-refractivity contribution in [1.29, 1.82) is 0 Å². The molecule has 2 aromatic carbocycles. The monoisotopic (exact) mass is 463 g/mol. The number of nitrogens with one attached hydrogen (secondary N) is 2. The van der Waals surface area contributed by atoms with Crippen molar-refractivity contribution in [1.82, 2.24) is 15.7 Å². The first-order chi connectivity index (χ1) is 16.5. The number of hydrogen-bond donors (Lipinski definition) is 4. The Labute approximate surface area is 199 Å². The normalized spacial score (nSPS) is 15.7. The van der Waals surface area contributed by atoms with E-state index in [-0.39, 0.29) is 0 Å². The van der Waals surface area contributed by atoms with E-state index in [0.29, 0.717) is 5.56 Å². The minimum Gasteiger partial charge on any atom is -0.391 e. The summed E-state index contributed by atoms with van der Waals surface area (Å²) in [6.07, 6.45) is 2.54. The first-order valence-corrected chi connectivity index (χ1v) is 11.1. The summed E-state index contributed by atoms with van der Waals surface area (Å²) < 4.78 is 5.38. The lowest BCUT2D eigenvalue weighted by Crippen LogP contribution is -2.51. The lowest BCUT2D eigenvalue weighted by atomic mass is 10.1. The lowest BCUT2D eigenvalue weighted by Gasteiger charge is -2.26. The van der Waals surface area contributed by atoms with E-state index in [0.717, 1.165) is 44.0 Å². The van der Waals surface area contributed by atoms with Crippen LogP contribution in [-0.4, -0.2) is 65.5 Å². The quantitative estimate of drug-likeness (QED) is 0.282. The molecule has 0 radical (unpaired) electrons. The molecule has 0 saturated carbocycles. The maximum Gasteiger partial charge on any atom is 0.268 e. The second kappa shape index (κ2) is 12.7. The Balaban J connectivity index is 1.53. The summed E-state index contributed by atoms with van der Waals surface area (Å²) >= 11 is 0. The Hall–Kier alpha value is -3.48. The van der Waals surface area contributed by atoms with Gasteiger partial charge in [0.2, 0.25) is 0 Å². The molecule has 1 heterocycles. The molecule has 3 rings (SSSR count). The number of aliphatic hydroxyl groups is 1. The van der Waals surface area contributed by atoms with Crippen LogP contribution in [0.5, 0.6) is 0 Å². The molecular formula is C26H29N3O5. The van der Waals surface area contributed by atoms with Crippen LogP contribution < -0.4 is 10.8 Å². The second-order valence-corrected chi connectivity index (χ2v) is 7.98. The summed E-state index contributed by atoms with van der Waals surface area (Å²) in [5.41, 5.74) is 4.78. The zero-order valence-electron chi connectivity index (χ0n) is 19.0. The Bertz CT molecular complexity index is 1050. The van der Waals surface area contributed by atoms with E-state index in [9.17, 15) is 14.7 Å². The van der Waals surface area contributed by atoms with Crippen LogP contribution in [0.15, 0.2) is 54.6 Å². The minimum atomic E-state index is -1.27. The van der Waals surface area contributed by atoms with Crippen LogP contribution in [0.2, 0.25) is 0 Å². The van der Waals surface area contributed by atoms with Gasteiger partial charge in [0.25, 0.3) is 11.8 Å². The molecule has 1 aliphatic heterocycles. The number of nitrogens with zero attached hydrogens (tertiary/aromatic N) is 1. The van der Waals surface area contributed by atoms with Crippen LogP contribution in [0.3, 0.4) is 0 Å². The van der Waals surface area contributed by atoms with Gasteiger partial charge >= 0.3 is 0 Å². The third-order valence-corrected chi connectivity index (χ3v) is 5.37. The number of carbonyl (C=O) groups excluding carboxylic acids is 2. The van der Waals surface area contributed by atoms with Crippen LogP contribution in [-0.2, 0) is 16.1 Å². The van der Waals surface area contributed by atoms with Crippen molar-refractivity contribution >= 4 is 17.9 Å². The molecule has 0 aliphatic carbocycles. The fourth-order valence-electron chi connectivity index (χ4n) is 3.42. The zero-order chi connectivity index (χ0) is 24.3. The number of aliphatic hydroxyl groups excluding tert-OH is 1. The number of hydrogen-bond acceptors (Lipinski definition) is 6. The van der Waals surface area contributed by atoms with Crippen molar-refractivity contribution < 1.29 is 24.6 Å². The Kier molecular flexibility index (Phi) is 9.38. The van der Waals surface area contributed by atoms with E-state index >= 15 is 0 Å². The number of rotatable bonds is 7. The number of amides is 2. The van der Waals surface area contributed by atoms with E-state index < -0.39 is 24.0 Å². The highest BCUT2D eigenvalue weighted by atomic mass is 16.5. The van der Waals surface area contributed by atoms with Gasteiger partial charge in [-0.15, -0.1) is 0 Å².